The van der Waals surface area contributed by atoms with Crippen molar-refractivity contribution in [2.24, 2.45) is 0 Å². The van der Waals surface area contributed by atoms with Crippen LogP contribution < -0.4 is 5.56 Å². The summed E-state index contributed by atoms with van der Waals surface area (Å²) >= 11 is 0. The molecule has 2 aromatic rings. The smallest absolute Gasteiger partial charge is 0.256 e. The summed E-state index contributed by atoms with van der Waals surface area (Å²) in [6.07, 6.45) is 1.98. The van der Waals surface area contributed by atoms with E-state index in [0.29, 0.717) is 12.1 Å². The third kappa shape index (κ3) is 3.24. The average molecular weight is 285 g/mol. The van der Waals surface area contributed by atoms with E-state index < -0.39 is 0 Å². The Hall–Kier alpha value is -1.87. The number of pyridine rings is 1. The first-order valence-electron chi connectivity index (χ1n) is 7.49. The van der Waals surface area contributed by atoms with Crippen LogP contribution in [0.15, 0.2) is 35.1 Å². The minimum absolute atomic E-state index is 0.0818. The van der Waals surface area contributed by atoms with Crippen LogP contribution in [0, 0.1) is 13.8 Å². The molecule has 112 valence electrons. The molecule has 1 N–H and O–H groups in total. The lowest BCUT2D eigenvalue weighted by Crippen LogP contribution is -2.25. The molecule has 0 saturated heterocycles. The predicted octanol–water partition coefficient (Wildman–Crippen LogP) is 3.42. The Morgan fingerprint density at radius 3 is 2.48 bits per heavy atom. The van der Waals surface area contributed by atoms with Crippen LogP contribution in [0.5, 0.6) is 0 Å². The van der Waals surface area contributed by atoms with Crippen LogP contribution in [0.2, 0.25) is 0 Å². The van der Waals surface area contributed by atoms with E-state index in [1.165, 1.54) is 11.1 Å². The number of aliphatic hydroxyl groups excluding tert-OH is 1. The molecule has 0 radical (unpaired) electrons. The summed E-state index contributed by atoms with van der Waals surface area (Å²) in [5.74, 6) is 0. The molecule has 21 heavy (non-hydrogen) atoms. The maximum Gasteiger partial charge on any atom is 0.256 e. The molecule has 1 aromatic carbocycles. The second-order valence-corrected chi connectivity index (χ2v) is 5.51. The van der Waals surface area contributed by atoms with Gasteiger partial charge in [-0.3, -0.25) is 4.79 Å². The molecule has 1 aromatic heterocycles. The molecule has 0 amide bonds. The fourth-order valence-electron chi connectivity index (χ4n) is 2.43. The van der Waals surface area contributed by atoms with Crippen LogP contribution in [0.4, 0.5) is 0 Å². The number of benzene rings is 1. The number of aliphatic hydroxyl groups is 1. The molecule has 3 heteroatoms. The van der Waals surface area contributed by atoms with Crippen molar-refractivity contribution in [3.05, 3.63) is 57.4 Å². The zero-order valence-electron chi connectivity index (χ0n) is 13.0. The number of hydrogen-bond donors (Lipinski definition) is 1. The Morgan fingerprint density at radius 1 is 1.10 bits per heavy atom. The van der Waals surface area contributed by atoms with Gasteiger partial charge in [0.25, 0.3) is 5.56 Å². The number of unbranched alkanes of at least 4 members (excludes halogenated alkanes) is 1. The first-order chi connectivity index (χ1) is 10.1. The van der Waals surface area contributed by atoms with Crippen molar-refractivity contribution >= 4 is 0 Å². The van der Waals surface area contributed by atoms with Gasteiger partial charge < -0.3 is 9.67 Å². The molecule has 2 rings (SSSR count). The molecular formula is C18H23NO2. The monoisotopic (exact) mass is 285 g/mol. The Kier molecular flexibility index (Phi) is 4.97. The van der Waals surface area contributed by atoms with Crippen LogP contribution >= 0.6 is 0 Å². The lowest BCUT2D eigenvalue weighted by molar-refractivity contribution is 0.279. The molecule has 0 bridgehead atoms. The minimum atomic E-state index is -0.210. The van der Waals surface area contributed by atoms with Gasteiger partial charge in [0, 0.05) is 12.1 Å². The predicted molar refractivity (Wildman–Crippen MR) is 86.4 cm³/mol. The van der Waals surface area contributed by atoms with E-state index in [-0.39, 0.29) is 12.2 Å². The Balaban J connectivity index is 2.58. The lowest BCUT2D eigenvalue weighted by atomic mass is 10.0. The first kappa shape index (κ1) is 15.5. The SMILES string of the molecule is CCCCn1c(-c2ccc(C)c(C)c2)ccc(CO)c1=O. The van der Waals surface area contributed by atoms with Gasteiger partial charge in [0.2, 0.25) is 0 Å². The average Bonchev–Trinajstić information content (AvgIpc) is 2.48. The third-order valence-corrected chi connectivity index (χ3v) is 3.96. The molecular weight excluding hydrogens is 262 g/mol. The van der Waals surface area contributed by atoms with E-state index in [1.54, 1.807) is 10.6 Å². The van der Waals surface area contributed by atoms with Gasteiger partial charge in [0.1, 0.15) is 0 Å². The zero-order chi connectivity index (χ0) is 15.4. The van der Waals surface area contributed by atoms with Crippen molar-refractivity contribution in [2.45, 2.75) is 46.8 Å². The molecule has 0 atom stereocenters. The fraction of sp³-hybridized carbons (Fsp3) is 0.389. The van der Waals surface area contributed by atoms with E-state index in [9.17, 15) is 9.90 Å². The third-order valence-electron chi connectivity index (χ3n) is 3.96. The standard InChI is InChI=1S/C18H23NO2/c1-4-5-10-19-17(9-8-16(12-20)18(19)21)15-7-6-13(2)14(3)11-15/h6-9,11,20H,4-5,10,12H2,1-3H3. The van der Waals surface area contributed by atoms with E-state index in [4.69, 9.17) is 0 Å². The van der Waals surface area contributed by atoms with Crippen LogP contribution in [0.25, 0.3) is 11.3 Å². The second kappa shape index (κ2) is 6.72. The van der Waals surface area contributed by atoms with Crippen LogP contribution in [-0.4, -0.2) is 9.67 Å². The molecule has 0 aliphatic heterocycles. The quantitative estimate of drug-likeness (QED) is 0.914. The summed E-state index contributed by atoms with van der Waals surface area (Å²) in [7, 11) is 0. The first-order valence-corrected chi connectivity index (χ1v) is 7.49. The molecule has 0 unspecified atom stereocenters. The van der Waals surface area contributed by atoms with Crippen LogP contribution in [0.3, 0.4) is 0 Å². The van der Waals surface area contributed by atoms with Crippen LogP contribution in [-0.2, 0) is 13.2 Å². The number of aryl methyl sites for hydroxylation is 2. The van der Waals surface area contributed by atoms with E-state index >= 15 is 0 Å². The number of nitrogens with zero attached hydrogens (tertiary/aromatic N) is 1. The molecule has 0 aliphatic carbocycles. The van der Waals surface area contributed by atoms with Gasteiger partial charge in [-0.15, -0.1) is 0 Å². The molecule has 0 aliphatic rings. The van der Waals surface area contributed by atoms with Crippen molar-refractivity contribution in [1.82, 2.24) is 4.57 Å². The summed E-state index contributed by atoms with van der Waals surface area (Å²) in [6.45, 7) is 6.74. The van der Waals surface area contributed by atoms with Crippen molar-refractivity contribution < 1.29 is 5.11 Å². The fourth-order valence-corrected chi connectivity index (χ4v) is 2.43. The summed E-state index contributed by atoms with van der Waals surface area (Å²) in [4.78, 5) is 12.5. The summed E-state index contributed by atoms with van der Waals surface area (Å²) in [5.41, 5.74) is 4.81. The molecule has 0 spiro atoms. The van der Waals surface area contributed by atoms with Crippen molar-refractivity contribution in [3.63, 3.8) is 0 Å². The van der Waals surface area contributed by atoms with Crippen molar-refractivity contribution in [2.75, 3.05) is 0 Å². The maximum atomic E-state index is 12.5. The maximum absolute atomic E-state index is 12.5. The van der Waals surface area contributed by atoms with Gasteiger partial charge in [-0.2, -0.15) is 0 Å². The minimum Gasteiger partial charge on any atom is -0.391 e. The number of aromatic nitrogens is 1. The normalized spacial score (nSPS) is 10.9. The molecule has 1 heterocycles. The highest BCUT2D eigenvalue weighted by atomic mass is 16.3. The van der Waals surface area contributed by atoms with E-state index in [0.717, 1.165) is 24.1 Å². The van der Waals surface area contributed by atoms with Gasteiger partial charge in [0.15, 0.2) is 0 Å². The lowest BCUT2D eigenvalue weighted by Gasteiger charge is -2.15. The van der Waals surface area contributed by atoms with Gasteiger partial charge in [-0.25, -0.2) is 0 Å². The summed E-state index contributed by atoms with van der Waals surface area (Å²) < 4.78 is 1.79. The van der Waals surface area contributed by atoms with Gasteiger partial charge >= 0.3 is 0 Å². The largest absolute Gasteiger partial charge is 0.391 e. The molecule has 0 saturated carbocycles. The van der Waals surface area contributed by atoms with Crippen molar-refractivity contribution in [3.8, 4) is 11.3 Å². The van der Waals surface area contributed by atoms with E-state index in [2.05, 4.69) is 39.0 Å². The zero-order valence-corrected chi connectivity index (χ0v) is 13.0. The van der Waals surface area contributed by atoms with Gasteiger partial charge in [-0.1, -0.05) is 25.5 Å². The molecule has 0 fully saturated rings. The van der Waals surface area contributed by atoms with Gasteiger partial charge in [0.05, 0.1) is 12.3 Å². The highest BCUT2D eigenvalue weighted by molar-refractivity contribution is 5.61. The van der Waals surface area contributed by atoms with E-state index in [1.807, 2.05) is 6.07 Å². The number of hydrogen-bond acceptors (Lipinski definition) is 2. The Bertz CT molecular complexity index is 686. The number of rotatable bonds is 5. The Morgan fingerprint density at radius 2 is 1.86 bits per heavy atom. The highest BCUT2D eigenvalue weighted by Crippen LogP contribution is 2.22. The van der Waals surface area contributed by atoms with Crippen molar-refractivity contribution in [1.29, 1.82) is 0 Å². The van der Waals surface area contributed by atoms with Gasteiger partial charge in [-0.05, 0) is 55.2 Å². The highest BCUT2D eigenvalue weighted by Gasteiger charge is 2.10. The topological polar surface area (TPSA) is 42.2 Å². The summed E-state index contributed by atoms with van der Waals surface area (Å²) in [6, 6.07) is 9.92. The molecule has 3 nitrogen and oxygen atoms in total. The van der Waals surface area contributed by atoms with Crippen LogP contribution in [0.1, 0.15) is 36.5 Å². The summed E-state index contributed by atoms with van der Waals surface area (Å²) in [5, 5.41) is 9.30. The Labute approximate surface area is 125 Å². The second-order valence-electron chi connectivity index (χ2n) is 5.51.